The van der Waals surface area contributed by atoms with Gasteiger partial charge in [-0.15, -0.1) is 11.3 Å². The van der Waals surface area contributed by atoms with Gasteiger partial charge >= 0.3 is 0 Å². The minimum Gasteiger partial charge on any atom is -0.383 e. The lowest BCUT2D eigenvalue weighted by Gasteiger charge is -2.30. The number of fused-ring (bicyclic) bond motifs is 1. The summed E-state index contributed by atoms with van der Waals surface area (Å²) < 4.78 is 5.17. The van der Waals surface area contributed by atoms with Crippen molar-refractivity contribution in [3.63, 3.8) is 0 Å². The highest BCUT2D eigenvalue weighted by atomic mass is 32.1. The topological polar surface area (TPSA) is 34.1 Å². The Labute approximate surface area is 117 Å². The second kappa shape index (κ2) is 5.41. The predicted molar refractivity (Wildman–Crippen MR) is 77.5 cm³/mol. The van der Waals surface area contributed by atoms with Crippen molar-refractivity contribution < 1.29 is 4.74 Å². The highest BCUT2D eigenvalue weighted by molar-refractivity contribution is 7.09. The number of aryl methyl sites for hydroxylation is 1. The van der Waals surface area contributed by atoms with Gasteiger partial charge in [-0.3, -0.25) is 5.32 Å². The van der Waals surface area contributed by atoms with Gasteiger partial charge in [0.1, 0.15) is 5.01 Å². The Hall–Kier alpha value is -1.23. The van der Waals surface area contributed by atoms with Crippen LogP contribution in [0.5, 0.6) is 0 Å². The molecule has 3 rings (SSSR count). The molecule has 0 aliphatic heterocycles. The van der Waals surface area contributed by atoms with Crippen LogP contribution in [0, 0.1) is 0 Å². The molecule has 0 spiro atoms. The fourth-order valence-electron chi connectivity index (χ4n) is 2.89. The molecule has 0 amide bonds. The van der Waals surface area contributed by atoms with Gasteiger partial charge in [0.15, 0.2) is 0 Å². The van der Waals surface area contributed by atoms with E-state index in [1.165, 1.54) is 11.1 Å². The first-order valence-corrected chi connectivity index (χ1v) is 7.47. The molecule has 0 radical (unpaired) electrons. The van der Waals surface area contributed by atoms with Crippen LogP contribution < -0.4 is 5.32 Å². The number of ether oxygens (including phenoxy) is 1. The van der Waals surface area contributed by atoms with E-state index < -0.39 is 0 Å². The van der Waals surface area contributed by atoms with E-state index >= 15 is 0 Å². The van der Waals surface area contributed by atoms with E-state index in [9.17, 15) is 0 Å². The molecule has 0 saturated heterocycles. The van der Waals surface area contributed by atoms with Crippen LogP contribution in [0.1, 0.15) is 22.6 Å². The summed E-state index contributed by atoms with van der Waals surface area (Å²) in [5.74, 6) is 0. The summed E-state index contributed by atoms with van der Waals surface area (Å²) in [6, 6.07) is 8.68. The Morgan fingerprint density at radius 2 is 2.32 bits per heavy atom. The second-order valence-corrected chi connectivity index (χ2v) is 5.71. The van der Waals surface area contributed by atoms with E-state index in [1.807, 2.05) is 6.20 Å². The molecule has 19 heavy (non-hydrogen) atoms. The summed E-state index contributed by atoms with van der Waals surface area (Å²) in [4.78, 5) is 4.56. The van der Waals surface area contributed by atoms with Gasteiger partial charge in [-0.05, 0) is 24.0 Å². The Kier molecular flexibility index (Phi) is 3.64. The third-order valence-corrected chi connectivity index (χ3v) is 4.71. The number of thiazole rings is 1. The van der Waals surface area contributed by atoms with Crippen molar-refractivity contribution in [3.05, 3.63) is 52.0 Å². The first kappa shape index (κ1) is 12.8. The molecule has 1 aromatic carbocycles. The molecule has 1 heterocycles. The maximum Gasteiger partial charge on any atom is 0.117 e. The number of nitrogens with zero attached hydrogens (tertiary/aromatic N) is 1. The van der Waals surface area contributed by atoms with Crippen LogP contribution >= 0.6 is 11.3 Å². The normalized spacial score (nSPS) is 21.5. The van der Waals surface area contributed by atoms with Crippen LogP contribution in [-0.2, 0) is 16.7 Å². The summed E-state index contributed by atoms with van der Waals surface area (Å²) in [7, 11) is 1.74. The number of methoxy groups -OCH3 is 1. The standard InChI is InChI=1S/C15H18N2OS/c1-18-10-8-17-15(14-16-9-11-19-14)7-6-12-4-2-3-5-13(12)15/h2-5,9,11,17H,6-8,10H2,1H3. The zero-order chi connectivity index (χ0) is 13.1. The molecule has 0 bridgehead atoms. The summed E-state index contributed by atoms with van der Waals surface area (Å²) >= 11 is 1.73. The molecule has 1 unspecified atom stereocenters. The van der Waals surface area contributed by atoms with E-state index in [1.54, 1.807) is 18.4 Å². The molecule has 1 N–H and O–H groups in total. The molecular formula is C15H18N2OS. The van der Waals surface area contributed by atoms with Gasteiger partial charge < -0.3 is 4.74 Å². The zero-order valence-electron chi connectivity index (χ0n) is 11.1. The summed E-state index contributed by atoms with van der Waals surface area (Å²) in [6.45, 7) is 1.56. The Morgan fingerprint density at radius 3 is 3.11 bits per heavy atom. The van der Waals surface area contributed by atoms with Crippen molar-refractivity contribution in [3.8, 4) is 0 Å². The predicted octanol–water partition coefficient (Wildman–Crippen LogP) is 2.57. The molecule has 1 aliphatic carbocycles. The smallest absolute Gasteiger partial charge is 0.117 e. The monoisotopic (exact) mass is 274 g/mol. The average Bonchev–Trinajstić information content (AvgIpc) is 3.08. The lowest BCUT2D eigenvalue weighted by atomic mass is 9.92. The lowest BCUT2D eigenvalue weighted by Crippen LogP contribution is -2.43. The van der Waals surface area contributed by atoms with Gasteiger partial charge in [-0.25, -0.2) is 4.98 Å². The van der Waals surface area contributed by atoms with Gasteiger partial charge in [0.05, 0.1) is 12.1 Å². The number of hydrogen-bond acceptors (Lipinski definition) is 4. The average molecular weight is 274 g/mol. The first-order valence-electron chi connectivity index (χ1n) is 6.59. The summed E-state index contributed by atoms with van der Waals surface area (Å²) in [5.41, 5.74) is 2.69. The summed E-state index contributed by atoms with van der Waals surface area (Å²) in [6.07, 6.45) is 4.07. The first-order chi connectivity index (χ1) is 9.37. The quantitative estimate of drug-likeness (QED) is 0.851. The maximum atomic E-state index is 5.17. The zero-order valence-corrected chi connectivity index (χ0v) is 11.9. The van der Waals surface area contributed by atoms with Crippen molar-refractivity contribution in [2.24, 2.45) is 0 Å². The van der Waals surface area contributed by atoms with E-state index in [0.29, 0.717) is 0 Å². The molecule has 2 aromatic rings. The van der Waals surface area contributed by atoms with Gasteiger partial charge in [-0.1, -0.05) is 24.3 Å². The highest BCUT2D eigenvalue weighted by Crippen LogP contribution is 2.42. The molecular weight excluding hydrogens is 256 g/mol. The number of nitrogens with one attached hydrogen (secondary N) is 1. The number of aromatic nitrogens is 1. The second-order valence-electron chi connectivity index (χ2n) is 4.82. The number of benzene rings is 1. The minimum atomic E-state index is -0.122. The lowest BCUT2D eigenvalue weighted by molar-refractivity contribution is 0.189. The highest BCUT2D eigenvalue weighted by Gasteiger charge is 2.41. The van der Waals surface area contributed by atoms with Crippen LogP contribution in [0.25, 0.3) is 0 Å². The Bertz CT molecular complexity index is 541. The van der Waals surface area contributed by atoms with Gasteiger partial charge in [0, 0.05) is 25.2 Å². The van der Waals surface area contributed by atoms with Crippen molar-refractivity contribution in [2.75, 3.05) is 20.3 Å². The van der Waals surface area contributed by atoms with Gasteiger partial charge in [0.25, 0.3) is 0 Å². The van der Waals surface area contributed by atoms with E-state index in [-0.39, 0.29) is 5.54 Å². The van der Waals surface area contributed by atoms with E-state index in [4.69, 9.17) is 4.74 Å². The fraction of sp³-hybridized carbons (Fsp3) is 0.400. The Morgan fingerprint density at radius 1 is 1.42 bits per heavy atom. The van der Waals surface area contributed by atoms with Crippen LogP contribution in [-0.4, -0.2) is 25.2 Å². The van der Waals surface area contributed by atoms with Crippen LogP contribution in [0.3, 0.4) is 0 Å². The molecule has 0 saturated carbocycles. The Balaban J connectivity index is 1.99. The number of rotatable bonds is 5. The number of hydrogen-bond donors (Lipinski definition) is 1. The van der Waals surface area contributed by atoms with E-state index in [0.717, 1.165) is 31.0 Å². The van der Waals surface area contributed by atoms with Crippen LogP contribution in [0.4, 0.5) is 0 Å². The molecule has 3 nitrogen and oxygen atoms in total. The van der Waals surface area contributed by atoms with Crippen LogP contribution in [0.2, 0.25) is 0 Å². The van der Waals surface area contributed by atoms with Crippen molar-refractivity contribution in [1.82, 2.24) is 10.3 Å². The third-order valence-electron chi connectivity index (χ3n) is 3.78. The fourth-order valence-corrected chi connectivity index (χ4v) is 3.75. The van der Waals surface area contributed by atoms with Crippen LogP contribution in [0.15, 0.2) is 35.8 Å². The van der Waals surface area contributed by atoms with Gasteiger partial charge in [-0.2, -0.15) is 0 Å². The molecule has 1 aromatic heterocycles. The molecule has 0 fully saturated rings. The SMILES string of the molecule is COCCNC1(c2nccs2)CCc2ccccc21. The minimum absolute atomic E-state index is 0.122. The largest absolute Gasteiger partial charge is 0.383 e. The van der Waals surface area contributed by atoms with Gasteiger partial charge in [0.2, 0.25) is 0 Å². The molecule has 1 atom stereocenters. The van der Waals surface area contributed by atoms with E-state index in [2.05, 4.69) is 39.9 Å². The molecule has 4 heteroatoms. The van der Waals surface area contributed by atoms with Crippen molar-refractivity contribution in [2.45, 2.75) is 18.4 Å². The molecule has 1 aliphatic rings. The third kappa shape index (κ3) is 2.20. The maximum absolute atomic E-state index is 5.17. The van der Waals surface area contributed by atoms with Crippen molar-refractivity contribution in [1.29, 1.82) is 0 Å². The summed E-state index contributed by atoms with van der Waals surface area (Å²) in [5, 5.41) is 6.89. The van der Waals surface area contributed by atoms with Crippen molar-refractivity contribution >= 4 is 11.3 Å². The molecule has 100 valence electrons.